The Balaban J connectivity index is 2.77. The fourth-order valence-electron chi connectivity index (χ4n) is 0.912. The maximum Gasteiger partial charge on any atom is 0.229 e. The molecule has 1 heterocycles. The second-order valence-electron chi connectivity index (χ2n) is 2.84. The van der Waals surface area contributed by atoms with E-state index in [-0.39, 0.29) is 10.8 Å². The van der Waals surface area contributed by atoms with E-state index in [4.69, 9.17) is 15.0 Å². The van der Waals surface area contributed by atoms with E-state index in [1.54, 1.807) is 0 Å². The van der Waals surface area contributed by atoms with Crippen LogP contribution in [0.3, 0.4) is 0 Å². The minimum atomic E-state index is -2.13. The Labute approximate surface area is 79.0 Å². The summed E-state index contributed by atoms with van der Waals surface area (Å²) in [5.41, 5.74) is 5.16. The highest BCUT2D eigenvalue weighted by molar-refractivity contribution is 7.84. The van der Waals surface area contributed by atoms with Gasteiger partial charge >= 0.3 is 0 Å². The highest BCUT2D eigenvalue weighted by atomic mass is 32.2. The van der Waals surface area contributed by atoms with Crippen LogP contribution in [0, 0.1) is 5.92 Å². The molecule has 0 aromatic rings. The van der Waals surface area contributed by atoms with Gasteiger partial charge in [0, 0.05) is 18.7 Å². The van der Waals surface area contributed by atoms with Crippen LogP contribution in [0.15, 0.2) is 16.1 Å². The van der Waals surface area contributed by atoms with Gasteiger partial charge < -0.3 is 15.0 Å². The smallest absolute Gasteiger partial charge is 0.229 e. The molecular formula is C7H12N2O3S. The van der Waals surface area contributed by atoms with E-state index in [0.717, 1.165) is 6.20 Å². The number of hydrogen-bond donors (Lipinski definition) is 2. The van der Waals surface area contributed by atoms with Gasteiger partial charge in [-0.2, -0.15) is 0 Å². The molecule has 74 valence electrons. The molecule has 0 saturated heterocycles. The third-order valence-electron chi connectivity index (χ3n) is 1.60. The molecule has 2 atom stereocenters. The van der Waals surface area contributed by atoms with Gasteiger partial charge in [-0.25, -0.2) is 4.21 Å². The van der Waals surface area contributed by atoms with E-state index < -0.39 is 11.1 Å². The maximum absolute atomic E-state index is 10.7. The summed E-state index contributed by atoms with van der Waals surface area (Å²) in [6.07, 6.45) is 1.05. The van der Waals surface area contributed by atoms with E-state index in [9.17, 15) is 4.21 Å². The fourth-order valence-corrected chi connectivity index (χ4v) is 1.30. The largest absolute Gasteiger partial charge is 0.477 e. The lowest BCUT2D eigenvalue weighted by molar-refractivity contribution is 0.233. The molecule has 2 unspecified atom stereocenters. The van der Waals surface area contributed by atoms with Gasteiger partial charge in [-0.05, 0) is 0 Å². The van der Waals surface area contributed by atoms with Crippen LogP contribution in [0.25, 0.3) is 0 Å². The first-order valence-corrected chi connectivity index (χ1v) is 4.96. The number of nitrogens with two attached hydrogens (primary N) is 1. The molecule has 1 aliphatic heterocycles. The zero-order valence-corrected chi connectivity index (χ0v) is 8.08. The zero-order chi connectivity index (χ0) is 9.84. The van der Waals surface area contributed by atoms with Crippen molar-refractivity contribution in [1.82, 2.24) is 0 Å². The second-order valence-corrected chi connectivity index (χ2v) is 3.78. The summed E-state index contributed by atoms with van der Waals surface area (Å²) in [6.45, 7) is 3.10. The molecule has 0 fully saturated rings. The van der Waals surface area contributed by atoms with Crippen LogP contribution in [0.4, 0.5) is 0 Å². The van der Waals surface area contributed by atoms with E-state index in [1.807, 2.05) is 6.92 Å². The third-order valence-corrected chi connectivity index (χ3v) is 2.29. The molecule has 0 aromatic heterocycles. The average molecular weight is 204 g/mol. The molecular weight excluding hydrogens is 192 g/mol. The van der Waals surface area contributed by atoms with Crippen molar-refractivity contribution in [2.75, 3.05) is 13.2 Å². The Morgan fingerprint density at radius 2 is 2.62 bits per heavy atom. The van der Waals surface area contributed by atoms with Crippen LogP contribution in [0.1, 0.15) is 6.92 Å². The molecule has 0 amide bonds. The summed E-state index contributed by atoms with van der Waals surface area (Å²) < 4.78 is 24.7. The molecule has 0 radical (unpaired) electrons. The number of ether oxygens (including phenoxy) is 1. The van der Waals surface area contributed by atoms with Gasteiger partial charge in [-0.1, -0.05) is 6.92 Å². The van der Waals surface area contributed by atoms with E-state index in [1.165, 1.54) is 0 Å². The molecule has 0 aliphatic carbocycles. The highest BCUT2D eigenvalue weighted by Crippen LogP contribution is 2.11. The normalized spacial score (nSPS) is 26.2. The predicted octanol–water partition coefficient (Wildman–Crippen LogP) is 0.0730. The minimum absolute atomic E-state index is 0.0342. The highest BCUT2D eigenvalue weighted by Gasteiger charge is 2.19. The standard InChI is InChI=1S/C7H12N2O3S/c1-5-3-9-7(12-4-5)6(2-8)13(10)11/h2,5H,3-4,8H2,1H3,(H,10,11). The first-order chi connectivity index (χ1) is 6.15. The van der Waals surface area contributed by atoms with Crippen LogP contribution in [-0.2, 0) is 15.8 Å². The van der Waals surface area contributed by atoms with Crippen molar-refractivity contribution in [1.29, 1.82) is 0 Å². The summed E-state index contributed by atoms with van der Waals surface area (Å²) in [6, 6.07) is 0. The monoisotopic (exact) mass is 204 g/mol. The number of hydrogen-bond acceptors (Lipinski definition) is 4. The van der Waals surface area contributed by atoms with Crippen molar-refractivity contribution in [2.24, 2.45) is 16.6 Å². The molecule has 1 rings (SSSR count). The Hall–Kier alpha value is -0.880. The van der Waals surface area contributed by atoms with E-state index in [0.29, 0.717) is 19.1 Å². The Kier molecular flexibility index (Phi) is 3.44. The maximum atomic E-state index is 10.7. The van der Waals surface area contributed by atoms with Crippen molar-refractivity contribution in [3.63, 3.8) is 0 Å². The van der Waals surface area contributed by atoms with Crippen molar-refractivity contribution in [3.8, 4) is 0 Å². The van der Waals surface area contributed by atoms with Gasteiger partial charge in [0.1, 0.15) is 4.91 Å². The summed E-state index contributed by atoms with van der Waals surface area (Å²) in [5, 5.41) is 0. The Morgan fingerprint density at radius 3 is 3.00 bits per heavy atom. The van der Waals surface area contributed by atoms with Crippen molar-refractivity contribution in [3.05, 3.63) is 11.1 Å². The minimum Gasteiger partial charge on any atom is -0.477 e. The molecule has 0 aromatic carbocycles. The summed E-state index contributed by atoms with van der Waals surface area (Å²) in [7, 11) is 0. The molecule has 0 spiro atoms. The predicted molar refractivity (Wildman–Crippen MR) is 50.5 cm³/mol. The molecule has 5 nitrogen and oxygen atoms in total. The quantitative estimate of drug-likeness (QED) is 0.623. The lowest BCUT2D eigenvalue weighted by Gasteiger charge is -2.18. The van der Waals surface area contributed by atoms with Crippen LogP contribution < -0.4 is 5.73 Å². The average Bonchev–Trinajstić information content (AvgIpc) is 2.09. The molecule has 3 N–H and O–H groups in total. The van der Waals surface area contributed by atoms with Gasteiger partial charge in [-0.3, -0.25) is 4.99 Å². The van der Waals surface area contributed by atoms with Gasteiger partial charge in [0.15, 0.2) is 11.1 Å². The van der Waals surface area contributed by atoms with Crippen LogP contribution in [0.2, 0.25) is 0 Å². The van der Waals surface area contributed by atoms with Crippen molar-refractivity contribution in [2.45, 2.75) is 6.92 Å². The van der Waals surface area contributed by atoms with Crippen LogP contribution >= 0.6 is 0 Å². The number of rotatable bonds is 2. The SMILES string of the molecule is CC1CN=C(C(=CN)S(=O)O)OC1. The molecule has 13 heavy (non-hydrogen) atoms. The number of aliphatic imine (C=N–C) groups is 1. The van der Waals surface area contributed by atoms with Gasteiger partial charge in [0.2, 0.25) is 5.90 Å². The van der Waals surface area contributed by atoms with Gasteiger partial charge in [0.05, 0.1) is 6.61 Å². The topological polar surface area (TPSA) is 84.9 Å². The van der Waals surface area contributed by atoms with Crippen molar-refractivity contribution < 1.29 is 13.5 Å². The molecule has 1 aliphatic rings. The fraction of sp³-hybridized carbons (Fsp3) is 0.571. The summed E-state index contributed by atoms with van der Waals surface area (Å²) in [4.78, 5) is 4.03. The Morgan fingerprint density at radius 1 is 1.92 bits per heavy atom. The first-order valence-electron chi connectivity index (χ1n) is 3.85. The first kappa shape index (κ1) is 10.2. The lowest BCUT2D eigenvalue weighted by Crippen LogP contribution is -2.24. The second kappa shape index (κ2) is 4.38. The van der Waals surface area contributed by atoms with Crippen molar-refractivity contribution >= 4 is 17.0 Å². The van der Waals surface area contributed by atoms with E-state index >= 15 is 0 Å². The van der Waals surface area contributed by atoms with E-state index in [2.05, 4.69) is 4.99 Å². The summed E-state index contributed by atoms with van der Waals surface area (Å²) >= 11 is -2.13. The summed E-state index contributed by atoms with van der Waals surface area (Å²) in [5.74, 6) is 0.524. The lowest BCUT2D eigenvalue weighted by atomic mass is 10.2. The molecule has 0 bridgehead atoms. The van der Waals surface area contributed by atoms with Crippen LogP contribution in [0.5, 0.6) is 0 Å². The van der Waals surface area contributed by atoms with Gasteiger partial charge in [0.25, 0.3) is 0 Å². The molecule has 6 heteroatoms. The molecule has 0 saturated carbocycles. The zero-order valence-electron chi connectivity index (χ0n) is 7.27. The number of nitrogens with zero attached hydrogens (tertiary/aromatic N) is 1. The Bertz CT molecular complexity index is 275. The van der Waals surface area contributed by atoms with Crippen LogP contribution in [-0.4, -0.2) is 27.8 Å². The van der Waals surface area contributed by atoms with Gasteiger partial charge in [-0.15, -0.1) is 0 Å². The third kappa shape index (κ3) is 2.53.